The van der Waals surface area contributed by atoms with Crippen molar-refractivity contribution in [3.05, 3.63) is 27.2 Å². The van der Waals surface area contributed by atoms with Gasteiger partial charge < -0.3 is 0 Å². The van der Waals surface area contributed by atoms with E-state index in [2.05, 4.69) is 36.6 Å². The summed E-state index contributed by atoms with van der Waals surface area (Å²) in [5.74, 6) is 0. The summed E-state index contributed by atoms with van der Waals surface area (Å²) in [5.41, 5.74) is 1.32. The molecule has 1 aromatic carbocycles. The molecule has 84 valence electrons. The number of alkyl halides is 1. The lowest BCUT2D eigenvalue weighted by molar-refractivity contribution is 0.606. The molecule has 1 rings (SSSR count). The van der Waals surface area contributed by atoms with Gasteiger partial charge in [-0.15, -0.1) is 0 Å². The fourth-order valence-electron chi connectivity index (χ4n) is 0.919. The van der Waals surface area contributed by atoms with E-state index in [-0.39, 0.29) is 4.66 Å². The Morgan fingerprint density at radius 3 is 2.60 bits per heavy atom. The first-order chi connectivity index (χ1) is 6.85. The molecule has 15 heavy (non-hydrogen) atoms. The molecule has 0 saturated carbocycles. The molecule has 0 fully saturated rings. The molecule has 7 heteroatoms. The summed E-state index contributed by atoms with van der Waals surface area (Å²) in [6.45, 7) is 1.84. The van der Waals surface area contributed by atoms with Crippen LogP contribution < -0.4 is 4.72 Å². The van der Waals surface area contributed by atoms with Gasteiger partial charge in [-0.25, -0.2) is 8.42 Å². The number of sulfonamides is 1. The third kappa shape index (κ3) is 3.62. The van der Waals surface area contributed by atoms with Crippen LogP contribution in [0, 0.1) is 6.92 Å². The van der Waals surface area contributed by atoms with E-state index in [0.29, 0.717) is 15.2 Å². The van der Waals surface area contributed by atoms with E-state index < -0.39 is 10.0 Å². The molecule has 0 aliphatic rings. The molecule has 0 unspecified atom stereocenters. The molecule has 0 saturated heterocycles. The standard InChI is InChI=1S/C8H8Br2ClNO2S/c1-5-2-6(10)8(3-7(5)11)12-15(13,14)4-9/h2-3,12H,4H2,1H3. The highest BCUT2D eigenvalue weighted by Gasteiger charge is 2.11. The van der Waals surface area contributed by atoms with Crippen molar-refractivity contribution >= 4 is 59.2 Å². The molecule has 0 amide bonds. The van der Waals surface area contributed by atoms with Crippen molar-refractivity contribution in [3.8, 4) is 0 Å². The minimum Gasteiger partial charge on any atom is -0.282 e. The fourth-order valence-corrected chi connectivity index (χ4v) is 2.67. The van der Waals surface area contributed by atoms with Crippen LogP contribution in [-0.4, -0.2) is 13.1 Å². The summed E-state index contributed by atoms with van der Waals surface area (Å²) in [4.78, 5) is 0. The Bertz CT molecular complexity index is 476. The van der Waals surface area contributed by atoms with E-state index >= 15 is 0 Å². The second-order valence-electron chi connectivity index (χ2n) is 2.91. The topological polar surface area (TPSA) is 46.2 Å². The van der Waals surface area contributed by atoms with E-state index in [4.69, 9.17) is 11.6 Å². The van der Waals surface area contributed by atoms with Gasteiger partial charge in [-0.05, 0) is 40.5 Å². The SMILES string of the molecule is Cc1cc(Br)c(NS(=O)(=O)CBr)cc1Cl. The van der Waals surface area contributed by atoms with Crippen LogP contribution in [0.1, 0.15) is 5.56 Å². The van der Waals surface area contributed by atoms with Gasteiger partial charge in [-0.3, -0.25) is 4.72 Å². The van der Waals surface area contributed by atoms with Crippen LogP contribution in [0.2, 0.25) is 5.02 Å². The van der Waals surface area contributed by atoms with Crippen molar-refractivity contribution < 1.29 is 8.42 Å². The number of hydrogen-bond acceptors (Lipinski definition) is 2. The maximum atomic E-state index is 11.3. The first-order valence-corrected chi connectivity index (χ1v) is 7.82. The molecule has 3 nitrogen and oxygen atoms in total. The van der Waals surface area contributed by atoms with Crippen LogP contribution in [0.3, 0.4) is 0 Å². The molecule has 1 N–H and O–H groups in total. The van der Waals surface area contributed by atoms with Crippen molar-refractivity contribution in [3.63, 3.8) is 0 Å². The van der Waals surface area contributed by atoms with E-state index in [1.165, 1.54) is 0 Å². The summed E-state index contributed by atoms with van der Waals surface area (Å²) < 4.78 is 25.5. The van der Waals surface area contributed by atoms with E-state index in [0.717, 1.165) is 5.56 Å². The predicted octanol–water partition coefficient (Wildman–Crippen LogP) is 3.51. The van der Waals surface area contributed by atoms with Crippen LogP contribution in [0.5, 0.6) is 0 Å². The van der Waals surface area contributed by atoms with Gasteiger partial charge in [0.2, 0.25) is 10.0 Å². The molecule has 0 bridgehead atoms. The van der Waals surface area contributed by atoms with Gasteiger partial charge in [0.1, 0.15) is 4.66 Å². The van der Waals surface area contributed by atoms with Crippen molar-refractivity contribution in [1.29, 1.82) is 0 Å². The van der Waals surface area contributed by atoms with Crippen molar-refractivity contribution in [1.82, 2.24) is 0 Å². The van der Waals surface area contributed by atoms with Crippen LogP contribution in [0.25, 0.3) is 0 Å². The van der Waals surface area contributed by atoms with Gasteiger partial charge in [0, 0.05) is 9.50 Å². The Morgan fingerprint density at radius 1 is 1.47 bits per heavy atom. The Kier molecular flexibility index (Phi) is 4.46. The molecule has 0 aliphatic carbocycles. The number of rotatable bonds is 3. The highest BCUT2D eigenvalue weighted by molar-refractivity contribution is 9.11. The van der Waals surface area contributed by atoms with Gasteiger partial charge in [-0.2, -0.15) is 0 Å². The normalized spacial score (nSPS) is 11.5. The first kappa shape index (κ1) is 13.3. The number of nitrogens with one attached hydrogen (secondary N) is 1. The summed E-state index contributed by atoms with van der Waals surface area (Å²) in [6.07, 6.45) is 0. The Labute approximate surface area is 111 Å². The zero-order valence-corrected chi connectivity index (χ0v) is 12.5. The Morgan fingerprint density at radius 2 is 2.07 bits per heavy atom. The quantitative estimate of drug-likeness (QED) is 0.820. The minimum absolute atomic E-state index is 0.155. The number of benzene rings is 1. The van der Waals surface area contributed by atoms with Gasteiger partial charge in [0.05, 0.1) is 5.69 Å². The average Bonchev–Trinajstić information content (AvgIpc) is 2.14. The Hall–Kier alpha value is 0.220. The monoisotopic (exact) mass is 375 g/mol. The third-order valence-electron chi connectivity index (χ3n) is 1.66. The molecular weight excluding hydrogens is 369 g/mol. The molecule has 0 aromatic heterocycles. The molecule has 0 spiro atoms. The van der Waals surface area contributed by atoms with Crippen molar-refractivity contribution in [2.45, 2.75) is 6.92 Å². The molecule has 0 heterocycles. The maximum Gasteiger partial charge on any atom is 0.242 e. The number of anilines is 1. The van der Waals surface area contributed by atoms with Gasteiger partial charge >= 0.3 is 0 Å². The molecule has 0 radical (unpaired) electrons. The summed E-state index contributed by atoms with van der Waals surface area (Å²) in [6, 6.07) is 3.33. The smallest absolute Gasteiger partial charge is 0.242 e. The van der Waals surface area contributed by atoms with E-state index in [9.17, 15) is 8.42 Å². The highest BCUT2D eigenvalue weighted by atomic mass is 79.9. The summed E-state index contributed by atoms with van der Waals surface area (Å²) >= 11 is 12.0. The average molecular weight is 377 g/mol. The molecular formula is C8H8Br2ClNO2S. The van der Waals surface area contributed by atoms with Gasteiger partial charge in [0.25, 0.3) is 0 Å². The summed E-state index contributed by atoms with van der Waals surface area (Å²) in [5, 5.41) is 0.519. The van der Waals surface area contributed by atoms with Crippen molar-refractivity contribution in [2.24, 2.45) is 0 Å². The van der Waals surface area contributed by atoms with E-state index in [1.807, 2.05) is 6.92 Å². The number of aryl methyl sites for hydroxylation is 1. The molecule has 0 atom stereocenters. The lowest BCUT2D eigenvalue weighted by atomic mass is 10.2. The van der Waals surface area contributed by atoms with Gasteiger partial charge in [-0.1, -0.05) is 27.5 Å². The van der Waals surface area contributed by atoms with E-state index in [1.54, 1.807) is 12.1 Å². The second kappa shape index (κ2) is 5.03. The van der Waals surface area contributed by atoms with Crippen molar-refractivity contribution in [2.75, 3.05) is 9.38 Å². The third-order valence-corrected chi connectivity index (χ3v) is 5.35. The fraction of sp³-hybridized carbons (Fsp3) is 0.250. The number of hydrogen-bond donors (Lipinski definition) is 1. The van der Waals surface area contributed by atoms with Gasteiger partial charge in [0.15, 0.2) is 0 Å². The largest absolute Gasteiger partial charge is 0.282 e. The maximum absolute atomic E-state index is 11.3. The van der Waals surface area contributed by atoms with Crippen LogP contribution in [0.4, 0.5) is 5.69 Å². The highest BCUT2D eigenvalue weighted by Crippen LogP contribution is 2.29. The zero-order chi connectivity index (χ0) is 11.6. The van der Waals surface area contributed by atoms with Crippen LogP contribution in [0.15, 0.2) is 16.6 Å². The summed E-state index contributed by atoms with van der Waals surface area (Å²) in [7, 11) is -3.35. The number of halogens is 3. The lowest BCUT2D eigenvalue weighted by Gasteiger charge is -2.09. The van der Waals surface area contributed by atoms with Crippen LogP contribution >= 0.6 is 43.5 Å². The Balaban J connectivity index is 3.12. The molecule has 1 aromatic rings. The minimum atomic E-state index is -3.35. The predicted molar refractivity (Wildman–Crippen MR) is 70.2 cm³/mol. The second-order valence-corrected chi connectivity index (χ2v) is 7.19. The van der Waals surface area contributed by atoms with Crippen LogP contribution in [-0.2, 0) is 10.0 Å². The zero-order valence-electron chi connectivity index (χ0n) is 7.72. The first-order valence-electron chi connectivity index (χ1n) is 3.88. The molecule has 0 aliphatic heterocycles. The lowest BCUT2D eigenvalue weighted by Crippen LogP contribution is -2.13.